The third kappa shape index (κ3) is 5.36. The van der Waals surface area contributed by atoms with E-state index in [4.69, 9.17) is 16.3 Å². The molecule has 1 amide bonds. The van der Waals surface area contributed by atoms with Crippen LogP contribution < -0.4 is 10.1 Å². The molecule has 0 aliphatic rings. The van der Waals surface area contributed by atoms with Gasteiger partial charge in [0.25, 0.3) is 0 Å². The van der Waals surface area contributed by atoms with Gasteiger partial charge in [-0.15, -0.1) is 15.3 Å². The highest BCUT2D eigenvalue weighted by atomic mass is 35.5. The largest absolute Gasteiger partial charge is 0.476 e. The molecule has 3 aromatic rings. The molecule has 13 heteroatoms. The van der Waals surface area contributed by atoms with Crippen molar-refractivity contribution in [2.75, 3.05) is 17.7 Å². The van der Waals surface area contributed by atoms with Crippen LogP contribution in [0.5, 0.6) is 5.88 Å². The molecule has 8 nitrogen and oxygen atoms in total. The minimum absolute atomic E-state index is 0.00804. The number of thioether (sulfide) groups is 1. The summed E-state index contributed by atoms with van der Waals surface area (Å²) in [5.41, 5.74) is -0.352. The molecule has 0 spiro atoms. The summed E-state index contributed by atoms with van der Waals surface area (Å²) in [6, 6.07) is 2.74. The summed E-state index contributed by atoms with van der Waals surface area (Å²) in [4.78, 5) is 12.3. The molecule has 0 aliphatic heterocycles. The highest BCUT2D eigenvalue weighted by Gasteiger charge is 2.31. The van der Waals surface area contributed by atoms with Crippen LogP contribution in [0, 0.1) is 0 Å². The minimum atomic E-state index is -4.54. The predicted octanol–water partition coefficient (Wildman–Crippen LogP) is 4.50. The van der Waals surface area contributed by atoms with Crippen LogP contribution in [-0.4, -0.2) is 42.8 Å². The van der Waals surface area contributed by atoms with E-state index in [0.29, 0.717) is 35.6 Å². The zero-order chi connectivity index (χ0) is 23.5. The number of aryl methyl sites for hydroxylation is 1. The number of carbonyl (C=O) groups excluding carboxylic acids is 1. The number of hydrogen-bond donors (Lipinski definition) is 1. The lowest BCUT2D eigenvalue weighted by atomic mass is 10.2. The lowest BCUT2D eigenvalue weighted by molar-refractivity contribution is -0.137. The van der Waals surface area contributed by atoms with Crippen molar-refractivity contribution in [2.45, 2.75) is 31.7 Å². The molecule has 0 radical (unpaired) electrons. The molecule has 172 valence electrons. The number of hydrogen-bond acceptors (Lipinski definition) is 6. The number of halogens is 4. The van der Waals surface area contributed by atoms with Gasteiger partial charge in [0, 0.05) is 19.8 Å². The Labute approximate surface area is 191 Å². The van der Waals surface area contributed by atoms with Gasteiger partial charge >= 0.3 is 6.18 Å². The molecule has 3 rings (SSSR count). The Morgan fingerprint density at radius 2 is 2.03 bits per heavy atom. The van der Waals surface area contributed by atoms with Gasteiger partial charge in [-0.25, -0.2) is 0 Å². The van der Waals surface area contributed by atoms with Crippen LogP contribution in [0.2, 0.25) is 5.02 Å². The maximum Gasteiger partial charge on any atom is 0.416 e. The monoisotopic (exact) mass is 488 g/mol. The Kier molecular flexibility index (Phi) is 7.34. The molecule has 0 atom stereocenters. The summed E-state index contributed by atoms with van der Waals surface area (Å²) in [6.07, 6.45) is -2.74. The minimum Gasteiger partial charge on any atom is -0.476 e. The highest BCUT2D eigenvalue weighted by Crippen LogP contribution is 2.34. The molecule has 2 heterocycles. The summed E-state index contributed by atoms with van der Waals surface area (Å²) in [6.45, 7) is 4.88. The number of ether oxygens (including phenoxy) is 1. The first-order valence-electron chi connectivity index (χ1n) is 9.53. The van der Waals surface area contributed by atoms with Gasteiger partial charge in [-0.3, -0.25) is 9.48 Å². The Morgan fingerprint density at radius 3 is 2.69 bits per heavy atom. The van der Waals surface area contributed by atoms with E-state index in [1.807, 2.05) is 13.8 Å². The van der Waals surface area contributed by atoms with Crippen LogP contribution in [0.25, 0.3) is 11.4 Å². The molecule has 0 saturated carbocycles. The van der Waals surface area contributed by atoms with Crippen LogP contribution in [0.15, 0.2) is 29.6 Å². The van der Waals surface area contributed by atoms with E-state index in [0.717, 1.165) is 30.0 Å². The molecular formula is C19H20ClF3N6O2S. The summed E-state index contributed by atoms with van der Waals surface area (Å²) >= 11 is 7.00. The maximum absolute atomic E-state index is 12.9. The van der Waals surface area contributed by atoms with E-state index in [1.165, 1.54) is 0 Å². The van der Waals surface area contributed by atoms with E-state index < -0.39 is 17.6 Å². The highest BCUT2D eigenvalue weighted by molar-refractivity contribution is 7.99. The average molecular weight is 489 g/mol. The molecule has 2 aromatic heterocycles. The standard InChI is InChI=1S/C19H20ClF3N6O2S/c1-4-29-9-12(17(27-29)31-5-2)16-25-26-18(28(16)3)32-10-15(30)24-14-8-11(19(21,22)23)6-7-13(14)20/h6-9H,4-5,10H2,1-3H3,(H,24,30). The Hall–Kier alpha value is -2.73. The first-order chi connectivity index (χ1) is 15.1. The molecule has 0 bridgehead atoms. The zero-order valence-electron chi connectivity index (χ0n) is 17.4. The number of amides is 1. The fourth-order valence-electron chi connectivity index (χ4n) is 2.75. The van der Waals surface area contributed by atoms with Gasteiger partial charge < -0.3 is 14.6 Å². The van der Waals surface area contributed by atoms with Gasteiger partial charge in [-0.05, 0) is 32.0 Å². The number of nitrogens with one attached hydrogen (secondary N) is 1. The van der Waals surface area contributed by atoms with Gasteiger partial charge in [0.2, 0.25) is 11.8 Å². The normalized spacial score (nSPS) is 11.6. The number of anilines is 1. The average Bonchev–Trinajstić information content (AvgIpc) is 3.30. The topological polar surface area (TPSA) is 86.9 Å². The van der Waals surface area contributed by atoms with Crippen molar-refractivity contribution in [1.29, 1.82) is 0 Å². The fraction of sp³-hybridized carbons (Fsp3) is 0.368. The molecular weight excluding hydrogens is 469 g/mol. The van der Waals surface area contributed by atoms with Gasteiger partial charge in [0.15, 0.2) is 11.0 Å². The molecule has 0 saturated heterocycles. The van der Waals surface area contributed by atoms with Crippen LogP contribution in [0.1, 0.15) is 19.4 Å². The second-order valence-electron chi connectivity index (χ2n) is 6.53. The summed E-state index contributed by atoms with van der Waals surface area (Å²) in [7, 11) is 1.73. The van der Waals surface area contributed by atoms with Crippen molar-refractivity contribution >= 4 is 35.0 Å². The van der Waals surface area contributed by atoms with Crippen molar-refractivity contribution in [1.82, 2.24) is 24.5 Å². The van der Waals surface area contributed by atoms with E-state index in [-0.39, 0.29) is 16.5 Å². The van der Waals surface area contributed by atoms with Crippen molar-refractivity contribution in [2.24, 2.45) is 7.05 Å². The van der Waals surface area contributed by atoms with Crippen LogP contribution in [-0.2, 0) is 24.6 Å². The molecule has 0 aliphatic carbocycles. The van der Waals surface area contributed by atoms with Crippen molar-refractivity contribution < 1.29 is 22.7 Å². The maximum atomic E-state index is 12.9. The smallest absolute Gasteiger partial charge is 0.416 e. The number of rotatable bonds is 8. The second-order valence-corrected chi connectivity index (χ2v) is 7.88. The van der Waals surface area contributed by atoms with Crippen molar-refractivity contribution in [3.05, 3.63) is 35.0 Å². The molecule has 32 heavy (non-hydrogen) atoms. The quantitative estimate of drug-likeness (QED) is 0.470. The van der Waals surface area contributed by atoms with Gasteiger partial charge in [0.1, 0.15) is 5.56 Å². The van der Waals surface area contributed by atoms with E-state index in [1.54, 1.807) is 22.5 Å². The summed E-state index contributed by atoms with van der Waals surface area (Å²) < 4.78 is 47.7. The predicted molar refractivity (Wildman–Crippen MR) is 115 cm³/mol. The van der Waals surface area contributed by atoms with E-state index in [9.17, 15) is 18.0 Å². The lowest BCUT2D eigenvalue weighted by Gasteiger charge is -2.11. The number of benzene rings is 1. The zero-order valence-corrected chi connectivity index (χ0v) is 19.0. The van der Waals surface area contributed by atoms with E-state index in [2.05, 4.69) is 20.6 Å². The molecule has 1 aromatic carbocycles. The van der Waals surface area contributed by atoms with Crippen molar-refractivity contribution in [3.8, 4) is 17.3 Å². The summed E-state index contributed by atoms with van der Waals surface area (Å²) in [5, 5.41) is 15.5. The number of alkyl halides is 3. The summed E-state index contributed by atoms with van der Waals surface area (Å²) in [5.74, 6) is 0.301. The lowest BCUT2D eigenvalue weighted by Crippen LogP contribution is -2.16. The van der Waals surface area contributed by atoms with Crippen molar-refractivity contribution in [3.63, 3.8) is 0 Å². The fourth-order valence-corrected chi connectivity index (χ4v) is 3.63. The number of nitrogens with zero attached hydrogens (tertiary/aromatic N) is 5. The third-order valence-electron chi connectivity index (χ3n) is 4.31. The third-order valence-corrected chi connectivity index (χ3v) is 5.66. The number of aromatic nitrogens is 5. The SMILES string of the molecule is CCOc1nn(CC)cc1-c1nnc(SCC(=O)Nc2cc(C(F)(F)F)ccc2Cl)n1C. The van der Waals surface area contributed by atoms with E-state index >= 15 is 0 Å². The molecule has 0 unspecified atom stereocenters. The second kappa shape index (κ2) is 9.82. The van der Waals surface area contributed by atoms with Crippen LogP contribution in [0.4, 0.5) is 18.9 Å². The first kappa shape index (κ1) is 23.9. The first-order valence-corrected chi connectivity index (χ1v) is 10.9. The van der Waals surface area contributed by atoms with Crippen LogP contribution >= 0.6 is 23.4 Å². The Bertz CT molecular complexity index is 1120. The van der Waals surface area contributed by atoms with Gasteiger partial charge in [-0.1, -0.05) is 23.4 Å². The van der Waals surface area contributed by atoms with Crippen LogP contribution in [0.3, 0.4) is 0 Å². The Morgan fingerprint density at radius 1 is 1.28 bits per heavy atom. The Balaban J connectivity index is 1.71. The van der Waals surface area contributed by atoms with Gasteiger partial charge in [-0.2, -0.15) is 13.2 Å². The molecule has 1 N–H and O–H groups in total. The molecule has 0 fully saturated rings. The number of carbonyl (C=O) groups is 1. The van der Waals surface area contributed by atoms with Gasteiger partial charge in [0.05, 0.1) is 28.6 Å².